The third-order valence-corrected chi connectivity index (χ3v) is 3.02. The maximum atomic E-state index is 11.9. The van der Waals surface area contributed by atoms with Crippen molar-refractivity contribution < 1.29 is 14.7 Å². The molecule has 0 bridgehead atoms. The number of urea groups is 1. The predicted octanol–water partition coefficient (Wildman–Crippen LogP) is 3.04. The second kappa shape index (κ2) is 6.04. The molecule has 0 saturated carbocycles. The average Bonchev–Trinajstić information content (AvgIpc) is 2.43. The normalized spacial score (nSPS) is 10.0. The van der Waals surface area contributed by atoms with Gasteiger partial charge in [-0.1, -0.05) is 6.07 Å². The lowest BCUT2D eigenvalue weighted by atomic mass is 10.1. The highest BCUT2D eigenvalue weighted by Gasteiger charge is 2.13. The first-order valence-electron chi connectivity index (χ1n) is 6.31. The molecule has 1 aromatic heterocycles. The number of aryl methyl sites for hydroxylation is 2. The van der Waals surface area contributed by atoms with E-state index >= 15 is 0 Å². The van der Waals surface area contributed by atoms with Crippen molar-refractivity contribution in [3.63, 3.8) is 0 Å². The van der Waals surface area contributed by atoms with Crippen LogP contribution in [0.2, 0.25) is 0 Å². The number of benzene rings is 1. The molecule has 0 aliphatic carbocycles. The Kier molecular flexibility index (Phi) is 4.18. The summed E-state index contributed by atoms with van der Waals surface area (Å²) in [7, 11) is 0. The maximum Gasteiger partial charge on any atom is 0.356 e. The number of nitrogens with zero attached hydrogens (tertiary/aromatic N) is 1. The standard InChI is InChI=1S/C15H15N3O3/c1-9-5-6-11(8-10(9)2)17-15(21)18-12-4-3-7-16-13(12)14(19)20/h3-8H,1-2H3,(H,19,20)(H2,17,18,21). The molecule has 2 aromatic rings. The molecule has 2 amide bonds. The first-order valence-corrected chi connectivity index (χ1v) is 6.31. The van der Waals surface area contributed by atoms with E-state index in [4.69, 9.17) is 5.11 Å². The Morgan fingerprint density at radius 1 is 1.10 bits per heavy atom. The van der Waals surface area contributed by atoms with Gasteiger partial charge in [-0.25, -0.2) is 14.6 Å². The third-order valence-electron chi connectivity index (χ3n) is 3.02. The molecule has 0 fully saturated rings. The lowest BCUT2D eigenvalue weighted by Crippen LogP contribution is -2.21. The third kappa shape index (κ3) is 3.56. The van der Waals surface area contributed by atoms with Crippen molar-refractivity contribution in [1.29, 1.82) is 0 Å². The van der Waals surface area contributed by atoms with Gasteiger partial charge in [0.05, 0.1) is 5.69 Å². The number of carboxylic acids is 1. The molecule has 0 spiro atoms. The summed E-state index contributed by atoms with van der Waals surface area (Å²) in [6, 6.07) is 8.04. The van der Waals surface area contributed by atoms with Crippen molar-refractivity contribution in [2.24, 2.45) is 0 Å². The van der Waals surface area contributed by atoms with E-state index in [1.54, 1.807) is 12.1 Å². The molecule has 1 aromatic carbocycles. The zero-order valence-corrected chi connectivity index (χ0v) is 11.7. The van der Waals surface area contributed by atoms with Crippen LogP contribution in [0.5, 0.6) is 0 Å². The molecule has 0 aliphatic heterocycles. The SMILES string of the molecule is Cc1ccc(NC(=O)Nc2cccnc2C(=O)O)cc1C. The van der Waals surface area contributed by atoms with Crippen molar-refractivity contribution in [2.45, 2.75) is 13.8 Å². The van der Waals surface area contributed by atoms with Gasteiger partial charge in [0, 0.05) is 11.9 Å². The molecule has 108 valence electrons. The van der Waals surface area contributed by atoms with Gasteiger partial charge in [-0.15, -0.1) is 0 Å². The minimum Gasteiger partial charge on any atom is -0.476 e. The van der Waals surface area contributed by atoms with Crippen LogP contribution in [0, 0.1) is 13.8 Å². The van der Waals surface area contributed by atoms with Crippen molar-refractivity contribution in [1.82, 2.24) is 4.98 Å². The van der Waals surface area contributed by atoms with E-state index in [1.165, 1.54) is 12.3 Å². The van der Waals surface area contributed by atoms with Crippen molar-refractivity contribution in [3.05, 3.63) is 53.3 Å². The fourth-order valence-electron chi connectivity index (χ4n) is 1.78. The number of aromatic nitrogens is 1. The fraction of sp³-hybridized carbons (Fsp3) is 0.133. The van der Waals surface area contributed by atoms with Crippen LogP contribution < -0.4 is 10.6 Å². The van der Waals surface area contributed by atoms with Gasteiger partial charge in [0.15, 0.2) is 5.69 Å². The molecule has 0 radical (unpaired) electrons. The maximum absolute atomic E-state index is 11.9. The average molecular weight is 285 g/mol. The highest BCUT2D eigenvalue weighted by molar-refractivity contribution is 6.03. The highest BCUT2D eigenvalue weighted by Crippen LogP contribution is 2.16. The molecule has 0 atom stereocenters. The van der Waals surface area contributed by atoms with E-state index in [0.29, 0.717) is 5.69 Å². The summed E-state index contributed by atoms with van der Waals surface area (Å²) in [5.74, 6) is -1.20. The Balaban J connectivity index is 2.12. The molecule has 21 heavy (non-hydrogen) atoms. The predicted molar refractivity (Wildman–Crippen MR) is 79.8 cm³/mol. The van der Waals surface area contributed by atoms with Crippen LogP contribution in [0.3, 0.4) is 0 Å². The van der Waals surface area contributed by atoms with E-state index in [2.05, 4.69) is 15.6 Å². The number of carboxylic acid groups (broad SMARTS) is 1. The molecule has 1 heterocycles. The van der Waals surface area contributed by atoms with E-state index in [0.717, 1.165) is 11.1 Å². The van der Waals surface area contributed by atoms with Gasteiger partial charge in [0.1, 0.15) is 0 Å². The van der Waals surface area contributed by atoms with Crippen LogP contribution in [0.25, 0.3) is 0 Å². The molecular weight excluding hydrogens is 270 g/mol. The summed E-state index contributed by atoms with van der Waals surface area (Å²) >= 11 is 0. The molecule has 6 nitrogen and oxygen atoms in total. The summed E-state index contributed by atoms with van der Waals surface area (Å²) in [6.07, 6.45) is 1.36. The summed E-state index contributed by atoms with van der Waals surface area (Å²) in [4.78, 5) is 26.6. The molecule has 0 aliphatic rings. The van der Waals surface area contributed by atoms with Crippen LogP contribution in [0.1, 0.15) is 21.6 Å². The van der Waals surface area contributed by atoms with Crippen molar-refractivity contribution >= 4 is 23.4 Å². The number of amides is 2. The summed E-state index contributed by atoms with van der Waals surface area (Å²) in [5, 5.41) is 14.1. The number of nitrogens with one attached hydrogen (secondary N) is 2. The number of anilines is 2. The lowest BCUT2D eigenvalue weighted by Gasteiger charge is -2.10. The van der Waals surface area contributed by atoms with Crippen molar-refractivity contribution in [3.8, 4) is 0 Å². The smallest absolute Gasteiger partial charge is 0.356 e. The second-order valence-electron chi connectivity index (χ2n) is 4.58. The number of hydrogen-bond acceptors (Lipinski definition) is 3. The van der Waals surface area contributed by atoms with E-state index in [1.807, 2.05) is 26.0 Å². The molecule has 6 heteroatoms. The highest BCUT2D eigenvalue weighted by atomic mass is 16.4. The van der Waals surface area contributed by atoms with Crippen molar-refractivity contribution in [2.75, 3.05) is 10.6 Å². The molecule has 2 rings (SSSR count). The fourth-order valence-corrected chi connectivity index (χ4v) is 1.78. The Labute approximate surface area is 121 Å². The summed E-state index contributed by atoms with van der Waals surface area (Å²) in [5.41, 5.74) is 2.76. The van der Waals surface area contributed by atoms with Crippen LogP contribution in [0.15, 0.2) is 36.5 Å². The zero-order valence-electron chi connectivity index (χ0n) is 11.7. The monoisotopic (exact) mass is 285 g/mol. The molecule has 0 saturated heterocycles. The molecular formula is C15H15N3O3. The Morgan fingerprint density at radius 2 is 1.86 bits per heavy atom. The van der Waals surface area contributed by atoms with Gasteiger partial charge >= 0.3 is 12.0 Å². The number of aromatic carboxylic acids is 1. The van der Waals surface area contributed by atoms with Gasteiger partial charge < -0.3 is 15.7 Å². The van der Waals surface area contributed by atoms with Gasteiger partial charge in [0.2, 0.25) is 0 Å². The summed E-state index contributed by atoms with van der Waals surface area (Å²) < 4.78 is 0. The first-order chi connectivity index (χ1) is 9.97. The Hall–Kier alpha value is -2.89. The van der Waals surface area contributed by atoms with Crippen LogP contribution in [0.4, 0.5) is 16.2 Å². The van der Waals surface area contributed by atoms with E-state index in [9.17, 15) is 9.59 Å². The van der Waals surface area contributed by atoms with E-state index < -0.39 is 12.0 Å². The molecule has 3 N–H and O–H groups in total. The Morgan fingerprint density at radius 3 is 2.52 bits per heavy atom. The van der Waals surface area contributed by atoms with Gasteiger partial charge in [-0.2, -0.15) is 0 Å². The number of hydrogen-bond donors (Lipinski definition) is 3. The largest absolute Gasteiger partial charge is 0.476 e. The minimum absolute atomic E-state index is 0.145. The van der Waals surface area contributed by atoms with Crippen LogP contribution >= 0.6 is 0 Å². The van der Waals surface area contributed by atoms with E-state index in [-0.39, 0.29) is 11.4 Å². The number of carbonyl (C=O) groups excluding carboxylic acids is 1. The van der Waals surface area contributed by atoms with Gasteiger partial charge in [0.25, 0.3) is 0 Å². The topological polar surface area (TPSA) is 91.3 Å². The number of carbonyl (C=O) groups is 2. The Bertz CT molecular complexity index is 698. The second-order valence-corrected chi connectivity index (χ2v) is 4.58. The number of pyridine rings is 1. The number of rotatable bonds is 3. The van der Waals surface area contributed by atoms with Crippen LogP contribution in [-0.4, -0.2) is 22.1 Å². The lowest BCUT2D eigenvalue weighted by molar-refractivity contribution is 0.0692. The van der Waals surface area contributed by atoms with Crippen LogP contribution in [-0.2, 0) is 0 Å². The first kappa shape index (κ1) is 14.5. The zero-order chi connectivity index (χ0) is 15.4. The molecule has 0 unspecified atom stereocenters. The minimum atomic E-state index is -1.20. The summed E-state index contributed by atoms with van der Waals surface area (Å²) in [6.45, 7) is 3.93. The quantitative estimate of drug-likeness (QED) is 0.808. The van der Waals surface area contributed by atoms with Gasteiger partial charge in [-0.05, 0) is 49.2 Å². The van der Waals surface area contributed by atoms with Gasteiger partial charge in [-0.3, -0.25) is 0 Å².